The highest BCUT2D eigenvalue weighted by Gasteiger charge is 2.43. The van der Waals surface area contributed by atoms with E-state index in [9.17, 15) is 31.9 Å². The van der Waals surface area contributed by atoms with Gasteiger partial charge in [-0.15, -0.1) is 0 Å². The summed E-state index contributed by atoms with van der Waals surface area (Å²) >= 11 is 6.05. The maximum absolute atomic E-state index is 14.6. The molecule has 0 saturated carbocycles. The Balaban J connectivity index is 2.25. The minimum Gasteiger partial charge on any atom is -0.292 e. The number of hydrogen-bond acceptors (Lipinski definition) is 7. The van der Waals surface area contributed by atoms with E-state index in [1.165, 1.54) is 7.05 Å². The Morgan fingerprint density at radius 1 is 1.23 bits per heavy atom. The molecule has 15 heteroatoms. The fourth-order valence-electron chi connectivity index (χ4n) is 2.85. The van der Waals surface area contributed by atoms with E-state index in [0.717, 1.165) is 20.0 Å². The third-order valence-electron chi connectivity index (χ3n) is 4.18. The number of halogens is 5. The standard InChI is InChI=1S/C16H12ClF4N6O4/c1-7(28)31-27(3)14(22-23-24-27)8-4-11(10(18)5-9(8)17)26-13(29)6-12(16(19,20)21)25(2)15(26)30/h4-6H,1-3H3/q+1. The van der Waals surface area contributed by atoms with Crippen LogP contribution >= 0.6 is 11.6 Å². The van der Waals surface area contributed by atoms with Crippen molar-refractivity contribution in [2.24, 2.45) is 22.6 Å². The van der Waals surface area contributed by atoms with Crippen molar-refractivity contribution in [3.63, 3.8) is 0 Å². The fourth-order valence-corrected chi connectivity index (χ4v) is 3.09. The lowest BCUT2D eigenvalue weighted by Crippen LogP contribution is -2.44. The van der Waals surface area contributed by atoms with Gasteiger partial charge in [0.15, 0.2) is 0 Å². The second-order valence-corrected chi connectivity index (χ2v) is 6.80. The molecule has 1 unspecified atom stereocenters. The molecular formula is C16H12ClF4N6O4+. The highest BCUT2D eigenvalue weighted by atomic mass is 35.5. The van der Waals surface area contributed by atoms with Gasteiger partial charge in [-0.3, -0.25) is 9.36 Å². The lowest BCUT2D eigenvalue weighted by atomic mass is 10.1. The van der Waals surface area contributed by atoms with Crippen LogP contribution in [-0.2, 0) is 22.9 Å². The zero-order chi connectivity index (χ0) is 23.3. The van der Waals surface area contributed by atoms with E-state index in [0.29, 0.717) is 6.07 Å². The number of quaternary nitrogens is 1. The highest BCUT2D eigenvalue weighted by molar-refractivity contribution is 6.33. The summed E-state index contributed by atoms with van der Waals surface area (Å²) in [7, 11) is 2.03. The quantitative estimate of drug-likeness (QED) is 0.514. The van der Waals surface area contributed by atoms with Crippen LogP contribution in [0.25, 0.3) is 5.69 Å². The van der Waals surface area contributed by atoms with Gasteiger partial charge in [-0.1, -0.05) is 16.7 Å². The van der Waals surface area contributed by atoms with E-state index in [1.54, 1.807) is 0 Å². The second kappa shape index (κ2) is 7.39. The van der Waals surface area contributed by atoms with Crippen molar-refractivity contribution in [3.8, 4) is 5.69 Å². The molecule has 1 aliphatic rings. The maximum Gasteiger partial charge on any atom is 0.431 e. The average Bonchev–Trinajstić information content (AvgIpc) is 2.99. The molecule has 0 amide bonds. The third kappa shape index (κ3) is 3.86. The van der Waals surface area contributed by atoms with Crippen LogP contribution in [0.1, 0.15) is 18.2 Å². The first kappa shape index (κ1) is 22.3. The molecule has 3 rings (SSSR count). The number of hydrogen-bond donors (Lipinski definition) is 0. The number of nitrogens with zero attached hydrogens (tertiary/aromatic N) is 6. The van der Waals surface area contributed by atoms with Crippen molar-refractivity contribution in [3.05, 3.63) is 61.1 Å². The van der Waals surface area contributed by atoms with Crippen LogP contribution in [0.2, 0.25) is 5.02 Å². The smallest absolute Gasteiger partial charge is 0.292 e. The van der Waals surface area contributed by atoms with E-state index < -0.39 is 45.3 Å². The van der Waals surface area contributed by atoms with Gasteiger partial charge in [0.2, 0.25) is 0 Å². The number of rotatable bonds is 3. The Bertz CT molecular complexity index is 1280. The third-order valence-corrected chi connectivity index (χ3v) is 4.49. The van der Waals surface area contributed by atoms with Crippen LogP contribution in [0.5, 0.6) is 0 Å². The first-order chi connectivity index (χ1) is 14.3. The second-order valence-electron chi connectivity index (χ2n) is 6.39. The van der Waals surface area contributed by atoms with Gasteiger partial charge in [0.1, 0.15) is 23.8 Å². The molecule has 1 aromatic carbocycles. The molecule has 0 saturated heterocycles. The van der Waals surface area contributed by atoms with Crippen LogP contribution in [0, 0.1) is 5.82 Å². The summed E-state index contributed by atoms with van der Waals surface area (Å²) in [4.78, 5) is 41.2. The Kier molecular flexibility index (Phi) is 5.31. The topological polar surface area (TPSA) is 107 Å². The zero-order valence-corrected chi connectivity index (χ0v) is 16.7. The Morgan fingerprint density at radius 3 is 2.45 bits per heavy atom. The van der Waals surface area contributed by atoms with Gasteiger partial charge in [-0.25, -0.2) is 23.4 Å². The van der Waals surface area contributed by atoms with Crippen LogP contribution in [0.15, 0.2) is 43.3 Å². The van der Waals surface area contributed by atoms with Crippen LogP contribution in [-0.4, -0.2) is 32.7 Å². The summed E-state index contributed by atoms with van der Waals surface area (Å²) in [5.41, 5.74) is -5.23. The van der Waals surface area contributed by atoms with Crippen molar-refractivity contribution in [1.82, 2.24) is 9.13 Å². The van der Waals surface area contributed by atoms with E-state index in [2.05, 4.69) is 15.5 Å². The summed E-state index contributed by atoms with van der Waals surface area (Å²) in [6, 6.07) is 1.77. The van der Waals surface area contributed by atoms with E-state index in [-0.39, 0.29) is 31.6 Å². The molecule has 10 nitrogen and oxygen atoms in total. The highest BCUT2D eigenvalue weighted by Crippen LogP contribution is 2.30. The first-order valence-electron chi connectivity index (χ1n) is 8.24. The summed E-state index contributed by atoms with van der Waals surface area (Å²) in [5, 5.41) is 10.4. The Morgan fingerprint density at radius 2 is 1.87 bits per heavy atom. The number of alkyl halides is 3. The number of carbonyl (C=O) groups excluding carboxylic acids is 1. The fraction of sp³-hybridized carbons (Fsp3) is 0.250. The van der Waals surface area contributed by atoms with Gasteiger partial charge >= 0.3 is 23.7 Å². The van der Waals surface area contributed by atoms with E-state index >= 15 is 0 Å². The molecule has 2 aromatic rings. The Hall–Kier alpha value is -3.39. The molecule has 0 radical (unpaired) electrons. The average molecular weight is 464 g/mol. The first-order valence-corrected chi connectivity index (χ1v) is 8.61. The number of amidine groups is 1. The summed E-state index contributed by atoms with van der Waals surface area (Å²) in [6.45, 7) is 1.08. The normalized spacial score (nSPS) is 18.3. The van der Waals surface area contributed by atoms with Crippen LogP contribution in [0.3, 0.4) is 0 Å². The molecule has 0 aliphatic carbocycles. The predicted octanol–water partition coefficient (Wildman–Crippen LogP) is 2.31. The number of hydroxylamine groups is 2. The molecule has 0 fully saturated rings. The minimum atomic E-state index is -4.99. The molecule has 1 atom stereocenters. The molecule has 0 N–H and O–H groups in total. The summed E-state index contributed by atoms with van der Waals surface area (Å²) in [5.74, 6) is -2.16. The van der Waals surface area contributed by atoms with Crippen molar-refractivity contribution < 1.29 is 31.9 Å². The van der Waals surface area contributed by atoms with Crippen LogP contribution in [0.4, 0.5) is 17.6 Å². The molecule has 1 aromatic heterocycles. The number of carbonyl (C=O) groups is 1. The Labute approximate surface area is 174 Å². The molecule has 1 aliphatic heterocycles. The number of aromatic nitrogens is 2. The van der Waals surface area contributed by atoms with Gasteiger partial charge in [0, 0.05) is 25.3 Å². The van der Waals surface area contributed by atoms with Gasteiger partial charge in [-0.05, 0) is 12.1 Å². The molecule has 2 heterocycles. The van der Waals surface area contributed by atoms with Gasteiger partial charge in [0.25, 0.3) is 5.56 Å². The molecule has 0 bridgehead atoms. The summed E-state index contributed by atoms with van der Waals surface area (Å²) < 4.78 is 53.2. The zero-order valence-electron chi connectivity index (χ0n) is 15.9. The monoisotopic (exact) mass is 463 g/mol. The van der Waals surface area contributed by atoms with Crippen molar-refractivity contribution in [1.29, 1.82) is 0 Å². The molecular weight excluding hydrogens is 452 g/mol. The largest absolute Gasteiger partial charge is 0.431 e. The van der Waals surface area contributed by atoms with Crippen molar-refractivity contribution in [2.75, 3.05) is 7.05 Å². The lowest BCUT2D eigenvalue weighted by Gasteiger charge is -2.19. The molecule has 31 heavy (non-hydrogen) atoms. The SMILES string of the molecule is CC(=O)O[N+]1(C)N=NN=C1c1cc(-n2c(=O)cc(C(F)(F)F)n(C)c2=O)c(F)cc1Cl. The van der Waals surface area contributed by atoms with Gasteiger partial charge < -0.3 is 0 Å². The van der Waals surface area contributed by atoms with E-state index in [1.807, 2.05) is 0 Å². The molecule has 0 spiro atoms. The maximum atomic E-state index is 14.6. The van der Waals surface area contributed by atoms with Crippen molar-refractivity contribution >= 4 is 23.4 Å². The lowest BCUT2D eigenvalue weighted by molar-refractivity contribution is -1.01. The number of benzene rings is 1. The minimum absolute atomic E-state index is 0.138. The van der Waals surface area contributed by atoms with E-state index in [4.69, 9.17) is 16.4 Å². The summed E-state index contributed by atoms with van der Waals surface area (Å²) in [6.07, 6.45) is -4.99. The van der Waals surface area contributed by atoms with Gasteiger partial charge in [0.05, 0.1) is 21.0 Å². The van der Waals surface area contributed by atoms with Crippen molar-refractivity contribution in [2.45, 2.75) is 13.1 Å². The predicted molar refractivity (Wildman–Crippen MR) is 96.6 cm³/mol. The van der Waals surface area contributed by atoms with Crippen LogP contribution < -0.4 is 11.2 Å². The van der Waals surface area contributed by atoms with Gasteiger partial charge in [-0.2, -0.15) is 13.2 Å². The molecule has 164 valence electrons.